The van der Waals surface area contributed by atoms with Gasteiger partial charge in [0.2, 0.25) is 0 Å². The molecular weight excluding hydrogens is 332 g/mol. The molecule has 4 heteroatoms. The first kappa shape index (κ1) is 16.7. The molecular formula is C23H18N4. The Morgan fingerprint density at radius 1 is 0.852 bits per heavy atom. The SMILES string of the molecule is C[C@H]1N(C)c2c(ccc(C#N)c2C#N)N1c1cccc(-c2ccccc2)c1. The maximum atomic E-state index is 9.62. The van der Waals surface area contributed by atoms with E-state index in [1.165, 1.54) is 0 Å². The van der Waals surface area contributed by atoms with Gasteiger partial charge in [-0.2, -0.15) is 10.5 Å². The summed E-state index contributed by atoms with van der Waals surface area (Å²) in [7, 11) is 1.96. The van der Waals surface area contributed by atoms with E-state index < -0.39 is 0 Å². The van der Waals surface area contributed by atoms with Gasteiger partial charge in [-0.3, -0.25) is 0 Å². The van der Waals surface area contributed by atoms with Crippen LogP contribution in [0, 0.1) is 22.7 Å². The van der Waals surface area contributed by atoms with Crippen molar-refractivity contribution in [2.75, 3.05) is 16.8 Å². The van der Waals surface area contributed by atoms with E-state index in [0.717, 1.165) is 28.2 Å². The monoisotopic (exact) mass is 350 g/mol. The fourth-order valence-electron chi connectivity index (χ4n) is 3.72. The summed E-state index contributed by atoms with van der Waals surface area (Å²) in [4.78, 5) is 4.27. The lowest BCUT2D eigenvalue weighted by atomic mass is 10.0. The van der Waals surface area contributed by atoms with Gasteiger partial charge in [-0.1, -0.05) is 42.5 Å². The predicted octanol–water partition coefficient (Wildman–Crippen LogP) is 5.03. The highest BCUT2D eigenvalue weighted by Crippen LogP contribution is 2.46. The van der Waals surface area contributed by atoms with Crippen molar-refractivity contribution in [1.82, 2.24) is 0 Å². The molecule has 4 nitrogen and oxygen atoms in total. The molecule has 0 fully saturated rings. The molecule has 0 saturated heterocycles. The predicted molar refractivity (Wildman–Crippen MR) is 108 cm³/mol. The lowest BCUT2D eigenvalue weighted by molar-refractivity contribution is 0.734. The van der Waals surface area contributed by atoms with Crippen molar-refractivity contribution in [1.29, 1.82) is 10.5 Å². The van der Waals surface area contributed by atoms with Crippen LogP contribution in [0.1, 0.15) is 18.1 Å². The van der Waals surface area contributed by atoms with Crippen LogP contribution in [0.3, 0.4) is 0 Å². The molecule has 0 N–H and O–H groups in total. The molecule has 1 aliphatic rings. The van der Waals surface area contributed by atoms with Crippen molar-refractivity contribution in [3.05, 3.63) is 77.9 Å². The molecule has 3 aromatic rings. The molecule has 1 atom stereocenters. The van der Waals surface area contributed by atoms with Crippen LogP contribution in [0.2, 0.25) is 0 Å². The molecule has 0 aliphatic carbocycles. The van der Waals surface area contributed by atoms with Crippen molar-refractivity contribution in [3.63, 3.8) is 0 Å². The van der Waals surface area contributed by atoms with Crippen LogP contribution in [0.25, 0.3) is 11.1 Å². The summed E-state index contributed by atoms with van der Waals surface area (Å²) in [6.45, 7) is 2.10. The summed E-state index contributed by atoms with van der Waals surface area (Å²) >= 11 is 0. The van der Waals surface area contributed by atoms with E-state index in [9.17, 15) is 10.5 Å². The van der Waals surface area contributed by atoms with Crippen LogP contribution < -0.4 is 9.80 Å². The van der Waals surface area contributed by atoms with Gasteiger partial charge in [0.05, 0.1) is 22.5 Å². The number of nitriles is 2. The number of rotatable bonds is 2. The van der Waals surface area contributed by atoms with Crippen LogP contribution in [-0.4, -0.2) is 13.2 Å². The van der Waals surface area contributed by atoms with Crippen molar-refractivity contribution in [3.8, 4) is 23.3 Å². The van der Waals surface area contributed by atoms with Gasteiger partial charge in [-0.05, 0) is 42.3 Å². The summed E-state index contributed by atoms with van der Waals surface area (Å²) < 4.78 is 0. The Balaban J connectivity index is 1.86. The lowest BCUT2D eigenvalue weighted by Gasteiger charge is -2.28. The largest absolute Gasteiger partial charge is 0.351 e. The standard InChI is InChI=1S/C23H18N4/c1-16-26(2)23-21(15-25)19(14-24)11-12-22(23)27(16)20-10-6-9-18(13-20)17-7-4-3-5-8-17/h3-13,16H,1-2H3/t16-/m0/s1. The Morgan fingerprint density at radius 3 is 2.30 bits per heavy atom. The Morgan fingerprint density at radius 2 is 1.59 bits per heavy atom. The van der Waals surface area contributed by atoms with E-state index in [2.05, 4.69) is 65.3 Å². The Hall–Kier alpha value is -3.76. The van der Waals surface area contributed by atoms with Gasteiger partial charge in [0, 0.05) is 12.7 Å². The third-order valence-electron chi connectivity index (χ3n) is 5.17. The fourth-order valence-corrected chi connectivity index (χ4v) is 3.72. The minimum atomic E-state index is 0.0343. The molecule has 27 heavy (non-hydrogen) atoms. The zero-order valence-electron chi connectivity index (χ0n) is 15.2. The molecule has 0 radical (unpaired) electrons. The summed E-state index contributed by atoms with van der Waals surface area (Å²) in [6.07, 6.45) is 0.0343. The van der Waals surface area contributed by atoms with E-state index in [4.69, 9.17) is 0 Å². The molecule has 4 rings (SSSR count). The topological polar surface area (TPSA) is 54.1 Å². The Bertz CT molecular complexity index is 1090. The molecule has 0 unspecified atom stereocenters. The highest BCUT2D eigenvalue weighted by atomic mass is 15.4. The molecule has 3 aromatic carbocycles. The van der Waals surface area contributed by atoms with E-state index in [-0.39, 0.29) is 6.17 Å². The van der Waals surface area contributed by atoms with Crippen LogP contribution in [0.4, 0.5) is 17.1 Å². The summed E-state index contributed by atoms with van der Waals surface area (Å²) in [5.41, 5.74) is 5.98. The van der Waals surface area contributed by atoms with Gasteiger partial charge in [-0.25, -0.2) is 0 Å². The number of benzene rings is 3. The third-order valence-corrected chi connectivity index (χ3v) is 5.17. The van der Waals surface area contributed by atoms with Crippen molar-refractivity contribution >= 4 is 17.1 Å². The number of anilines is 3. The number of nitrogens with zero attached hydrogens (tertiary/aromatic N) is 4. The lowest BCUT2D eigenvalue weighted by Crippen LogP contribution is -2.35. The van der Waals surface area contributed by atoms with Crippen molar-refractivity contribution in [2.24, 2.45) is 0 Å². The number of hydrogen-bond acceptors (Lipinski definition) is 4. The second-order valence-electron chi connectivity index (χ2n) is 6.61. The molecule has 0 amide bonds. The quantitative estimate of drug-likeness (QED) is 0.650. The van der Waals surface area contributed by atoms with Crippen LogP contribution in [0.5, 0.6) is 0 Å². The van der Waals surface area contributed by atoms with E-state index in [1.54, 1.807) is 6.07 Å². The molecule has 1 aliphatic heterocycles. The molecule has 0 aromatic heterocycles. The van der Waals surface area contributed by atoms with Gasteiger partial charge >= 0.3 is 0 Å². The minimum absolute atomic E-state index is 0.0343. The molecule has 130 valence electrons. The average molecular weight is 350 g/mol. The fraction of sp³-hybridized carbons (Fsp3) is 0.130. The smallest absolute Gasteiger partial charge is 0.103 e. The Kier molecular flexibility index (Phi) is 4.03. The molecule has 0 bridgehead atoms. The van der Waals surface area contributed by atoms with E-state index in [0.29, 0.717) is 11.1 Å². The normalized spacial score (nSPS) is 15.2. The highest BCUT2D eigenvalue weighted by Gasteiger charge is 2.34. The van der Waals surface area contributed by atoms with Crippen LogP contribution in [0.15, 0.2) is 66.7 Å². The van der Waals surface area contributed by atoms with Gasteiger partial charge in [0.25, 0.3) is 0 Å². The van der Waals surface area contributed by atoms with E-state index >= 15 is 0 Å². The number of fused-ring (bicyclic) bond motifs is 1. The molecule has 0 saturated carbocycles. The molecule has 0 spiro atoms. The zero-order chi connectivity index (χ0) is 19.0. The average Bonchev–Trinajstić information content (AvgIpc) is 2.98. The molecule has 1 heterocycles. The van der Waals surface area contributed by atoms with Gasteiger partial charge < -0.3 is 9.80 Å². The highest BCUT2D eigenvalue weighted by molar-refractivity contribution is 5.89. The van der Waals surface area contributed by atoms with Crippen molar-refractivity contribution in [2.45, 2.75) is 13.1 Å². The second kappa shape index (κ2) is 6.52. The first-order chi connectivity index (χ1) is 13.2. The minimum Gasteiger partial charge on any atom is -0.351 e. The van der Waals surface area contributed by atoms with Crippen molar-refractivity contribution < 1.29 is 0 Å². The van der Waals surface area contributed by atoms with E-state index in [1.807, 2.05) is 31.3 Å². The van der Waals surface area contributed by atoms with Gasteiger partial charge in [0.15, 0.2) is 0 Å². The van der Waals surface area contributed by atoms with Crippen LogP contribution in [-0.2, 0) is 0 Å². The zero-order valence-corrected chi connectivity index (χ0v) is 15.2. The number of hydrogen-bond donors (Lipinski definition) is 0. The van der Waals surface area contributed by atoms with Crippen LogP contribution >= 0.6 is 0 Å². The first-order valence-corrected chi connectivity index (χ1v) is 8.80. The third kappa shape index (κ3) is 2.60. The maximum absolute atomic E-state index is 9.62. The summed E-state index contributed by atoms with van der Waals surface area (Å²) in [6, 6.07) is 26.7. The maximum Gasteiger partial charge on any atom is 0.103 e. The van der Waals surface area contributed by atoms with Gasteiger partial charge in [0.1, 0.15) is 18.3 Å². The van der Waals surface area contributed by atoms with Gasteiger partial charge in [-0.15, -0.1) is 0 Å². The second-order valence-corrected chi connectivity index (χ2v) is 6.61. The first-order valence-electron chi connectivity index (χ1n) is 8.80. The summed E-state index contributed by atoms with van der Waals surface area (Å²) in [5, 5.41) is 19.0. The Labute approximate surface area is 159 Å². The summed E-state index contributed by atoms with van der Waals surface area (Å²) in [5.74, 6) is 0.